The molecule has 8 heteroatoms. The summed E-state index contributed by atoms with van der Waals surface area (Å²) in [6, 6.07) is 0. The topological polar surface area (TPSA) is 127 Å². The monoisotopic (exact) mass is 272 g/mol. The SMILES string of the molecule is CC(=O)C(N)(C(=O)OC1CC(=O)N(O)C1=O)C(C)C. The third kappa shape index (κ3) is 2.49. The van der Waals surface area contributed by atoms with Gasteiger partial charge >= 0.3 is 5.97 Å². The van der Waals surface area contributed by atoms with Gasteiger partial charge in [-0.15, -0.1) is 0 Å². The number of carbonyl (C=O) groups excluding carboxylic acids is 4. The Morgan fingerprint density at radius 2 is 2.00 bits per heavy atom. The van der Waals surface area contributed by atoms with E-state index in [1.165, 1.54) is 0 Å². The van der Waals surface area contributed by atoms with Crippen molar-refractivity contribution in [3.05, 3.63) is 0 Å². The average molecular weight is 272 g/mol. The molecule has 0 radical (unpaired) electrons. The van der Waals surface area contributed by atoms with E-state index in [2.05, 4.69) is 0 Å². The van der Waals surface area contributed by atoms with Crippen LogP contribution >= 0.6 is 0 Å². The molecule has 0 aromatic carbocycles. The van der Waals surface area contributed by atoms with Crippen molar-refractivity contribution >= 4 is 23.6 Å². The first kappa shape index (κ1) is 15.3. The van der Waals surface area contributed by atoms with Crippen LogP contribution in [0.25, 0.3) is 0 Å². The van der Waals surface area contributed by atoms with E-state index >= 15 is 0 Å². The Bertz CT molecular complexity index is 446. The molecule has 1 rings (SSSR count). The van der Waals surface area contributed by atoms with Crippen LogP contribution in [0.3, 0.4) is 0 Å². The third-order valence-electron chi connectivity index (χ3n) is 3.16. The molecule has 2 atom stereocenters. The molecule has 19 heavy (non-hydrogen) atoms. The van der Waals surface area contributed by atoms with Gasteiger partial charge in [0.25, 0.3) is 11.8 Å². The van der Waals surface area contributed by atoms with E-state index in [4.69, 9.17) is 15.7 Å². The fraction of sp³-hybridized carbons (Fsp3) is 0.636. The normalized spacial score (nSPS) is 22.6. The maximum Gasteiger partial charge on any atom is 0.334 e. The van der Waals surface area contributed by atoms with Gasteiger partial charge in [0.2, 0.25) is 0 Å². The molecular formula is C11H16N2O6. The summed E-state index contributed by atoms with van der Waals surface area (Å²) in [4.78, 5) is 45.9. The lowest BCUT2D eigenvalue weighted by atomic mass is 9.84. The van der Waals surface area contributed by atoms with Crippen molar-refractivity contribution in [3.63, 3.8) is 0 Å². The molecule has 0 bridgehead atoms. The molecule has 2 unspecified atom stereocenters. The summed E-state index contributed by atoms with van der Waals surface area (Å²) in [5.41, 5.74) is 3.84. The molecular weight excluding hydrogens is 256 g/mol. The Kier molecular flexibility index (Phi) is 4.06. The Morgan fingerprint density at radius 3 is 2.32 bits per heavy atom. The first-order valence-electron chi connectivity index (χ1n) is 5.69. The van der Waals surface area contributed by atoms with E-state index in [9.17, 15) is 19.2 Å². The fourth-order valence-corrected chi connectivity index (χ4v) is 1.70. The van der Waals surface area contributed by atoms with Crippen LogP contribution in [0, 0.1) is 5.92 Å². The number of nitrogens with two attached hydrogens (primary N) is 1. The molecule has 1 aliphatic heterocycles. The molecule has 0 aromatic rings. The van der Waals surface area contributed by atoms with Gasteiger partial charge in [-0.05, 0) is 12.8 Å². The van der Waals surface area contributed by atoms with Crippen LogP contribution in [0.15, 0.2) is 0 Å². The smallest absolute Gasteiger partial charge is 0.334 e. The van der Waals surface area contributed by atoms with E-state index in [0.29, 0.717) is 0 Å². The zero-order chi connectivity index (χ0) is 15.0. The van der Waals surface area contributed by atoms with Gasteiger partial charge in [0.05, 0.1) is 6.42 Å². The minimum Gasteiger partial charge on any atom is -0.450 e. The molecule has 8 nitrogen and oxygen atoms in total. The Labute approximate surface area is 109 Å². The van der Waals surface area contributed by atoms with Crippen molar-refractivity contribution in [2.75, 3.05) is 0 Å². The van der Waals surface area contributed by atoms with Crippen LogP contribution < -0.4 is 5.73 Å². The second-order valence-electron chi connectivity index (χ2n) is 4.72. The van der Waals surface area contributed by atoms with Gasteiger partial charge in [-0.25, -0.2) is 4.79 Å². The molecule has 1 saturated heterocycles. The minimum absolute atomic E-state index is 0.112. The van der Waals surface area contributed by atoms with Crippen LogP contribution in [-0.2, 0) is 23.9 Å². The van der Waals surface area contributed by atoms with Crippen LogP contribution in [0.5, 0.6) is 0 Å². The highest BCUT2D eigenvalue weighted by Gasteiger charge is 2.48. The number of ether oxygens (including phenoxy) is 1. The Balaban J connectivity index is 2.88. The number of nitrogens with zero attached hydrogens (tertiary/aromatic N) is 1. The summed E-state index contributed by atoms with van der Waals surface area (Å²) in [6.07, 6.45) is -1.90. The quantitative estimate of drug-likeness (QED) is 0.290. The van der Waals surface area contributed by atoms with Crippen LogP contribution in [0.2, 0.25) is 0 Å². The van der Waals surface area contributed by atoms with E-state index in [-0.39, 0.29) is 5.06 Å². The number of hydrogen-bond donors (Lipinski definition) is 2. The zero-order valence-electron chi connectivity index (χ0n) is 10.9. The molecule has 3 N–H and O–H groups in total. The first-order valence-corrected chi connectivity index (χ1v) is 5.69. The second kappa shape index (κ2) is 5.06. The number of carbonyl (C=O) groups is 4. The number of imide groups is 1. The van der Waals surface area contributed by atoms with Gasteiger partial charge < -0.3 is 10.5 Å². The van der Waals surface area contributed by atoms with E-state index < -0.39 is 47.5 Å². The number of Topliss-reactive ketones (excluding diaryl/α,β-unsaturated/α-hetero) is 1. The standard InChI is InChI=1S/C11H16N2O6/c1-5(2)11(12,6(3)14)10(17)19-7-4-8(15)13(18)9(7)16/h5,7,18H,4,12H2,1-3H3. The highest BCUT2D eigenvalue weighted by molar-refractivity contribution is 6.09. The van der Waals surface area contributed by atoms with E-state index in [1.807, 2.05) is 0 Å². The van der Waals surface area contributed by atoms with Gasteiger partial charge in [0, 0.05) is 0 Å². The van der Waals surface area contributed by atoms with Gasteiger partial charge in [0.15, 0.2) is 17.4 Å². The summed E-state index contributed by atoms with van der Waals surface area (Å²) in [6.45, 7) is 4.26. The highest BCUT2D eigenvalue weighted by atomic mass is 16.6. The maximum atomic E-state index is 11.9. The number of esters is 1. The lowest BCUT2D eigenvalue weighted by Gasteiger charge is -2.29. The molecule has 0 saturated carbocycles. The Hall–Kier alpha value is -1.80. The van der Waals surface area contributed by atoms with Gasteiger partial charge in [-0.2, -0.15) is 5.06 Å². The van der Waals surface area contributed by atoms with Crippen LogP contribution in [0.1, 0.15) is 27.2 Å². The van der Waals surface area contributed by atoms with Crippen LogP contribution in [0.4, 0.5) is 0 Å². The average Bonchev–Trinajstić information content (AvgIpc) is 2.55. The maximum absolute atomic E-state index is 11.9. The van der Waals surface area contributed by atoms with Gasteiger partial charge in [-0.1, -0.05) is 13.8 Å². The summed E-state index contributed by atoms with van der Waals surface area (Å²) >= 11 is 0. The summed E-state index contributed by atoms with van der Waals surface area (Å²) in [7, 11) is 0. The number of amides is 2. The minimum atomic E-state index is -1.88. The van der Waals surface area contributed by atoms with Crippen molar-refractivity contribution in [1.82, 2.24) is 5.06 Å². The lowest BCUT2D eigenvalue weighted by molar-refractivity contribution is -0.178. The van der Waals surface area contributed by atoms with Crippen LogP contribution in [-0.4, -0.2) is 45.5 Å². The van der Waals surface area contributed by atoms with Crippen molar-refractivity contribution in [1.29, 1.82) is 0 Å². The second-order valence-corrected chi connectivity index (χ2v) is 4.72. The molecule has 1 heterocycles. The lowest BCUT2D eigenvalue weighted by Crippen LogP contribution is -2.59. The predicted octanol–water partition coefficient (Wildman–Crippen LogP) is -1.01. The fourth-order valence-electron chi connectivity index (χ4n) is 1.70. The number of rotatable bonds is 4. The summed E-state index contributed by atoms with van der Waals surface area (Å²) in [5.74, 6) is -4.16. The third-order valence-corrected chi connectivity index (χ3v) is 3.16. The molecule has 106 valence electrons. The van der Waals surface area contributed by atoms with Gasteiger partial charge in [-0.3, -0.25) is 19.6 Å². The molecule has 0 aliphatic carbocycles. The number of hydroxylamine groups is 2. The number of hydrogen-bond acceptors (Lipinski definition) is 7. The summed E-state index contributed by atoms with van der Waals surface area (Å²) < 4.78 is 4.80. The molecule has 0 spiro atoms. The Morgan fingerprint density at radius 1 is 1.47 bits per heavy atom. The molecule has 1 fully saturated rings. The highest BCUT2D eigenvalue weighted by Crippen LogP contribution is 2.21. The molecule has 1 aliphatic rings. The first-order chi connectivity index (χ1) is 8.62. The van der Waals surface area contributed by atoms with E-state index in [0.717, 1.165) is 6.92 Å². The molecule has 0 aromatic heterocycles. The van der Waals surface area contributed by atoms with Gasteiger partial charge in [0.1, 0.15) is 0 Å². The van der Waals surface area contributed by atoms with Crippen molar-refractivity contribution in [2.45, 2.75) is 38.8 Å². The predicted molar refractivity (Wildman–Crippen MR) is 60.6 cm³/mol. The van der Waals surface area contributed by atoms with E-state index in [1.54, 1.807) is 13.8 Å². The molecule has 2 amide bonds. The van der Waals surface area contributed by atoms with Crippen molar-refractivity contribution < 1.29 is 29.1 Å². The largest absolute Gasteiger partial charge is 0.450 e. The summed E-state index contributed by atoms with van der Waals surface area (Å²) in [5, 5.41) is 8.90. The van der Waals surface area contributed by atoms with Crippen molar-refractivity contribution in [3.8, 4) is 0 Å². The zero-order valence-corrected chi connectivity index (χ0v) is 10.9. The number of ketones is 1. The van der Waals surface area contributed by atoms with Crippen molar-refractivity contribution in [2.24, 2.45) is 11.7 Å².